The first-order valence-electron chi connectivity index (χ1n) is 12.9. The summed E-state index contributed by atoms with van der Waals surface area (Å²) in [7, 11) is 3.29. The van der Waals surface area contributed by atoms with E-state index in [1.54, 1.807) is 25.2 Å². The molecule has 0 unspecified atom stereocenters. The zero-order chi connectivity index (χ0) is 26.6. The molecular formula is C28H34N6O4. The SMILES string of the molecule is COc1cc2c(cc1OC)CN(Cc1cc(=O)[nH]c(N3CCN(C(=O)Nc4ccc(C)cc4)CC3)n1)CC2. The number of aromatic amines is 1. The molecule has 1 aromatic heterocycles. The molecule has 2 aromatic carbocycles. The van der Waals surface area contributed by atoms with Gasteiger partial charge in [0.05, 0.1) is 19.9 Å². The number of amides is 2. The number of nitrogens with zero attached hydrogens (tertiary/aromatic N) is 4. The normalized spacial score (nSPS) is 15.7. The number of urea groups is 1. The van der Waals surface area contributed by atoms with Gasteiger partial charge in [-0.15, -0.1) is 0 Å². The number of anilines is 2. The van der Waals surface area contributed by atoms with Gasteiger partial charge in [-0.25, -0.2) is 9.78 Å². The molecule has 3 heterocycles. The van der Waals surface area contributed by atoms with Crippen LogP contribution in [-0.2, 0) is 19.5 Å². The molecule has 2 aliphatic rings. The van der Waals surface area contributed by atoms with E-state index in [4.69, 9.17) is 14.5 Å². The minimum absolute atomic E-state index is 0.122. The van der Waals surface area contributed by atoms with Gasteiger partial charge in [0.15, 0.2) is 11.5 Å². The Hall–Kier alpha value is -4.05. The number of aryl methyl sites for hydroxylation is 1. The highest BCUT2D eigenvalue weighted by Crippen LogP contribution is 2.33. The van der Waals surface area contributed by atoms with Crippen LogP contribution in [-0.4, -0.2) is 72.7 Å². The molecule has 2 amide bonds. The van der Waals surface area contributed by atoms with Gasteiger partial charge in [0.1, 0.15) is 0 Å². The Balaban J connectivity index is 1.20. The molecule has 200 valence electrons. The van der Waals surface area contributed by atoms with Gasteiger partial charge in [-0.1, -0.05) is 17.7 Å². The highest BCUT2D eigenvalue weighted by Gasteiger charge is 2.24. The van der Waals surface area contributed by atoms with Crippen molar-refractivity contribution in [3.05, 3.63) is 75.2 Å². The van der Waals surface area contributed by atoms with Crippen molar-refractivity contribution in [3.8, 4) is 11.5 Å². The van der Waals surface area contributed by atoms with Crippen molar-refractivity contribution in [1.82, 2.24) is 19.8 Å². The predicted octanol–water partition coefficient (Wildman–Crippen LogP) is 3.01. The van der Waals surface area contributed by atoms with E-state index in [0.717, 1.165) is 48.0 Å². The van der Waals surface area contributed by atoms with Gasteiger partial charge in [-0.05, 0) is 48.7 Å². The van der Waals surface area contributed by atoms with Crippen LogP contribution in [0.25, 0.3) is 0 Å². The number of carbonyl (C=O) groups excluding carboxylic acids is 1. The number of rotatable bonds is 6. The summed E-state index contributed by atoms with van der Waals surface area (Å²) in [5.41, 5.74) is 4.92. The fraction of sp³-hybridized carbons (Fsp3) is 0.393. The first-order chi connectivity index (χ1) is 18.4. The second-order valence-electron chi connectivity index (χ2n) is 9.77. The van der Waals surface area contributed by atoms with Gasteiger partial charge in [-0.2, -0.15) is 0 Å². The molecule has 5 rings (SSSR count). The lowest BCUT2D eigenvalue weighted by Crippen LogP contribution is -2.50. The largest absolute Gasteiger partial charge is 0.493 e. The van der Waals surface area contributed by atoms with Crippen LogP contribution in [0.1, 0.15) is 22.4 Å². The molecule has 0 saturated carbocycles. The molecule has 0 bridgehead atoms. The summed E-state index contributed by atoms with van der Waals surface area (Å²) < 4.78 is 10.9. The number of fused-ring (bicyclic) bond motifs is 1. The molecule has 10 nitrogen and oxygen atoms in total. The quantitative estimate of drug-likeness (QED) is 0.517. The van der Waals surface area contributed by atoms with Crippen LogP contribution in [0.15, 0.2) is 47.3 Å². The summed E-state index contributed by atoms with van der Waals surface area (Å²) in [6, 6.07) is 13.3. The van der Waals surface area contributed by atoms with Crippen LogP contribution in [0.5, 0.6) is 11.5 Å². The Bertz CT molecular complexity index is 1350. The highest BCUT2D eigenvalue weighted by molar-refractivity contribution is 5.89. The Labute approximate surface area is 222 Å². The number of ether oxygens (including phenoxy) is 2. The van der Waals surface area contributed by atoms with Crippen LogP contribution in [0.3, 0.4) is 0 Å². The van der Waals surface area contributed by atoms with Crippen molar-refractivity contribution < 1.29 is 14.3 Å². The molecule has 2 N–H and O–H groups in total. The first kappa shape index (κ1) is 25.6. The Morgan fingerprint density at radius 3 is 2.34 bits per heavy atom. The fourth-order valence-electron chi connectivity index (χ4n) is 4.99. The maximum atomic E-state index is 12.7. The summed E-state index contributed by atoms with van der Waals surface area (Å²) in [6.07, 6.45) is 0.887. The predicted molar refractivity (Wildman–Crippen MR) is 146 cm³/mol. The summed E-state index contributed by atoms with van der Waals surface area (Å²) in [5, 5.41) is 2.95. The maximum absolute atomic E-state index is 12.7. The Morgan fingerprint density at radius 1 is 0.974 bits per heavy atom. The third-order valence-electron chi connectivity index (χ3n) is 7.13. The van der Waals surface area contributed by atoms with E-state index < -0.39 is 0 Å². The zero-order valence-electron chi connectivity index (χ0n) is 22.1. The number of aromatic nitrogens is 2. The van der Waals surface area contributed by atoms with Gasteiger partial charge < -0.3 is 24.6 Å². The number of hydrogen-bond donors (Lipinski definition) is 2. The van der Waals surface area contributed by atoms with Gasteiger partial charge >= 0.3 is 6.03 Å². The smallest absolute Gasteiger partial charge is 0.321 e. The Kier molecular flexibility index (Phi) is 7.50. The van der Waals surface area contributed by atoms with E-state index >= 15 is 0 Å². The Morgan fingerprint density at radius 2 is 1.66 bits per heavy atom. The maximum Gasteiger partial charge on any atom is 0.321 e. The third kappa shape index (κ3) is 5.75. The molecule has 0 atom stereocenters. The van der Waals surface area contributed by atoms with Crippen molar-refractivity contribution in [2.24, 2.45) is 0 Å². The number of benzene rings is 2. The number of methoxy groups -OCH3 is 2. The van der Waals surface area contributed by atoms with Gasteiger partial charge in [-0.3, -0.25) is 14.7 Å². The summed E-state index contributed by atoms with van der Waals surface area (Å²) in [6.45, 7) is 6.45. The van der Waals surface area contributed by atoms with E-state index in [2.05, 4.69) is 21.3 Å². The van der Waals surface area contributed by atoms with E-state index in [1.807, 2.05) is 42.2 Å². The van der Waals surface area contributed by atoms with Gasteiger partial charge in [0.25, 0.3) is 5.56 Å². The zero-order valence-corrected chi connectivity index (χ0v) is 22.1. The summed E-state index contributed by atoms with van der Waals surface area (Å²) in [5.74, 6) is 2.01. The van der Waals surface area contributed by atoms with E-state index in [1.165, 1.54) is 11.1 Å². The highest BCUT2D eigenvalue weighted by atomic mass is 16.5. The van der Waals surface area contributed by atoms with Gasteiger partial charge in [0.2, 0.25) is 5.95 Å². The number of hydrogen-bond acceptors (Lipinski definition) is 7. The summed E-state index contributed by atoms with van der Waals surface area (Å²) >= 11 is 0. The fourth-order valence-corrected chi connectivity index (χ4v) is 4.99. The molecule has 38 heavy (non-hydrogen) atoms. The standard InChI is InChI=1S/C28H34N6O4/c1-19-4-6-22(7-5-19)30-28(36)34-12-10-33(11-13-34)27-29-23(16-26(35)31-27)18-32-9-8-20-14-24(37-2)25(38-3)15-21(20)17-32/h4-7,14-16H,8-13,17-18H2,1-3H3,(H,30,36)(H,29,31,35). The van der Waals surface area contributed by atoms with Crippen molar-refractivity contribution >= 4 is 17.7 Å². The third-order valence-corrected chi connectivity index (χ3v) is 7.13. The minimum Gasteiger partial charge on any atom is -0.493 e. The number of piperazine rings is 1. The molecule has 0 radical (unpaired) electrons. The van der Waals surface area contributed by atoms with E-state index in [-0.39, 0.29) is 11.6 Å². The first-order valence-corrected chi connectivity index (χ1v) is 12.9. The number of carbonyl (C=O) groups is 1. The second-order valence-corrected chi connectivity index (χ2v) is 9.77. The van der Waals surface area contributed by atoms with Crippen LogP contribution in [0.2, 0.25) is 0 Å². The molecule has 2 aliphatic heterocycles. The molecule has 0 spiro atoms. The molecule has 1 saturated heterocycles. The number of H-pyrrole nitrogens is 1. The van der Waals surface area contributed by atoms with Crippen molar-refractivity contribution in [3.63, 3.8) is 0 Å². The lowest BCUT2D eigenvalue weighted by molar-refractivity contribution is 0.208. The van der Waals surface area contributed by atoms with Crippen molar-refractivity contribution in [2.75, 3.05) is 57.2 Å². The average molecular weight is 519 g/mol. The van der Waals surface area contributed by atoms with Crippen molar-refractivity contribution in [2.45, 2.75) is 26.4 Å². The molecule has 0 aliphatic carbocycles. The van der Waals surface area contributed by atoms with Crippen LogP contribution in [0, 0.1) is 6.92 Å². The topological polar surface area (TPSA) is 103 Å². The van der Waals surface area contributed by atoms with Crippen molar-refractivity contribution in [1.29, 1.82) is 0 Å². The molecule has 1 fully saturated rings. The lowest BCUT2D eigenvalue weighted by atomic mass is 9.98. The van der Waals surface area contributed by atoms with E-state index in [0.29, 0.717) is 38.7 Å². The lowest BCUT2D eigenvalue weighted by Gasteiger charge is -2.35. The van der Waals surface area contributed by atoms with E-state index in [9.17, 15) is 9.59 Å². The van der Waals surface area contributed by atoms with Gasteiger partial charge in [0, 0.05) is 57.6 Å². The average Bonchev–Trinajstić information content (AvgIpc) is 2.93. The molecule has 10 heteroatoms. The monoisotopic (exact) mass is 518 g/mol. The van der Waals surface area contributed by atoms with Crippen LogP contribution >= 0.6 is 0 Å². The second kappa shape index (κ2) is 11.1. The number of nitrogens with one attached hydrogen (secondary N) is 2. The minimum atomic E-state index is -0.173. The van der Waals surface area contributed by atoms with Crippen LogP contribution < -0.4 is 25.2 Å². The molecular weight excluding hydrogens is 484 g/mol. The molecule has 3 aromatic rings. The van der Waals surface area contributed by atoms with Crippen LogP contribution in [0.4, 0.5) is 16.4 Å². The summed E-state index contributed by atoms with van der Waals surface area (Å²) in [4.78, 5) is 39.0.